The van der Waals surface area contributed by atoms with Crippen LogP contribution in [-0.4, -0.2) is 12.1 Å². The molecule has 0 amide bonds. The molecule has 2 rings (SSSR count). The van der Waals surface area contributed by atoms with Crippen molar-refractivity contribution >= 4 is 5.97 Å². The summed E-state index contributed by atoms with van der Waals surface area (Å²) < 4.78 is 5.42. The zero-order valence-electron chi connectivity index (χ0n) is 9.66. The molecule has 0 aromatic heterocycles. The van der Waals surface area contributed by atoms with E-state index in [1.807, 2.05) is 0 Å². The van der Waals surface area contributed by atoms with Crippen LogP contribution in [-0.2, 0) is 9.53 Å². The summed E-state index contributed by atoms with van der Waals surface area (Å²) in [4.78, 5) is 11.5. The van der Waals surface area contributed by atoms with Crippen LogP contribution in [0.1, 0.15) is 46.0 Å². The van der Waals surface area contributed by atoms with Gasteiger partial charge in [-0.15, -0.1) is 0 Å². The molecule has 84 valence electrons. The highest BCUT2D eigenvalue weighted by molar-refractivity contribution is 5.73. The second-order valence-electron chi connectivity index (χ2n) is 5.37. The van der Waals surface area contributed by atoms with Crippen molar-refractivity contribution < 1.29 is 9.53 Å². The number of ether oxygens (including phenoxy) is 1. The normalized spacial score (nSPS) is 35.1. The van der Waals surface area contributed by atoms with Gasteiger partial charge < -0.3 is 4.74 Å². The number of esters is 1. The summed E-state index contributed by atoms with van der Waals surface area (Å²) >= 11 is 0. The van der Waals surface area contributed by atoms with Crippen molar-refractivity contribution in [1.29, 1.82) is 0 Å². The van der Waals surface area contributed by atoms with Crippen LogP contribution in [0.15, 0.2) is 12.2 Å². The van der Waals surface area contributed by atoms with Crippen LogP contribution < -0.4 is 0 Å². The van der Waals surface area contributed by atoms with Crippen LogP contribution in [0.5, 0.6) is 0 Å². The molecule has 1 aliphatic heterocycles. The predicted octanol–water partition coefficient (Wildman–Crippen LogP) is 3.07. The second-order valence-corrected chi connectivity index (χ2v) is 5.37. The summed E-state index contributed by atoms with van der Waals surface area (Å²) in [6.07, 6.45) is 9.52. The second kappa shape index (κ2) is 3.99. The minimum atomic E-state index is -0.00722. The lowest BCUT2D eigenvalue weighted by molar-refractivity contribution is -0.140. The first kappa shape index (κ1) is 10.7. The van der Waals surface area contributed by atoms with Crippen molar-refractivity contribution in [1.82, 2.24) is 0 Å². The molecule has 2 heteroatoms. The molecule has 0 aromatic carbocycles. The molecular formula is C13H20O2. The van der Waals surface area contributed by atoms with Crippen molar-refractivity contribution in [3.8, 4) is 0 Å². The summed E-state index contributed by atoms with van der Waals surface area (Å²) in [6.45, 7) is 4.45. The van der Waals surface area contributed by atoms with E-state index in [2.05, 4.69) is 26.0 Å². The van der Waals surface area contributed by atoms with E-state index >= 15 is 0 Å². The largest absolute Gasteiger partial charge is 0.457 e. The van der Waals surface area contributed by atoms with Gasteiger partial charge in [-0.05, 0) is 37.7 Å². The molecule has 1 heterocycles. The van der Waals surface area contributed by atoms with E-state index in [0.29, 0.717) is 12.3 Å². The van der Waals surface area contributed by atoms with E-state index in [0.717, 1.165) is 19.3 Å². The highest BCUT2D eigenvalue weighted by atomic mass is 16.6. The van der Waals surface area contributed by atoms with Crippen LogP contribution in [0.2, 0.25) is 0 Å². The maximum Gasteiger partial charge on any atom is 0.307 e. The van der Waals surface area contributed by atoms with Gasteiger partial charge in [0.1, 0.15) is 6.10 Å². The lowest BCUT2D eigenvalue weighted by atomic mass is 9.72. The van der Waals surface area contributed by atoms with Crippen LogP contribution >= 0.6 is 0 Å². The fourth-order valence-electron chi connectivity index (χ4n) is 3.07. The lowest BCUT2D eigenvalue weighted by Gasteiger charge is -2.31. The average Bonchev–Trinajstić information content (AvgIpc) is 2.29. The third kappa shape index (κ3) is 2.09. The molecule has 1 aliphatic carbocycles. The van der Waals surface area contributed by atoms with Crippen LogP contribution in [0.4, 0.5) is 0 Å². The molecule has 0 radical (unpaired) electrons. The Morgan fingerprint density at radius 1 is 1.60 bits per heavy atom. The first-order valence-corrected chi connectivity index (χ1v) is 5.98. The average molecular weight is 208 g/mol. The van der Waals surface area contributed by atoms with Gasteiger partial charge in [-0.25, -0.2) is 0 Å². The summed E-state index contributed by atoms with van der Waals surface area (Å²) in [6, 6.07) is 0. The Hall–Kier alpha value is -0.790. The summed E-state index contributed by atoms with van der Waals surface area (Å²) in [5.74, 6) is 0.626. The SMILES string of the molecule is CC(C)C[C@@]12CCCC=C[C@@H]1OC(=O)C2. The lowest BCUT2D eigenvalue weighted by Crippen LogP contribution is -2.30. The highest BCUT2D eigenvalue weighted by Gasteiger charge is 2.47. The summed E-state index contributed by atoms with van der Waals surface area (Å²) in [5.41, 5.74) is 0.109. The fourth-order valence-corrected chi connectivity index (χ4v) is 3.07. The quantitative estimate of drug-likeness (QED) is 0.515. The molecule has 0 saturated carbocycles. The Kier molecular flexibility index (Phi) is 2.85. The highest BCUT2D eigenvalue weighted by Crippen LogP contribution is 2.47. The van der Waals surface area contributed by atoms with Gasteiger partial charge >= 0.3 is 5.97 Å². The van der Waals surface area contributed by atoms with Crippen molar-refractivity contribution in [3.63, 3.8) is 0 Å². The number of fused-ring (bicyclic) bond motifs is 1. The van der Waals surface area contributed by atoms with Crippen LogP contribution in [0.25, 0.3) is 0 Å². The monoisotopic (exact) mass is 208 g/mol. The molecule has 2 nitrogen and oxygen atoms in total. The summed E-state index contributed by atoms with van der Waals surface area (Å²) in [7, 11) is 0. The van der Waals surface area contributed by atoms with Crippen molar-refractivity contribution in [2.24, 2.45) is 11.3 Å². The van der Waals surface area contributed by atoms with Gasteiger partial charge in [0.05, 0.1) is 6.42 Å². The molecule has 0 bridgehead atoms. The molecule has 0 spiro atoms. The molecule has 0 aromatic rings. The van der Waals surface area contributed by atoms with E-state index in [1.165, 1.54) is 6.42 Å². The number of carbonyl (C=O) groups is 1. The van der Waals surface area contributed by atoms with E-state index in [9.17, 15) is 4.79 Å². The van der Waals surface area contributed by atoms with Crippen molar-refractivity contribution in [2.45, 2.75) is 52.1 Å². The van der Waals surface area contributed by atoms with Gasteiger partial charge in [0.2, 0.25) is 0 Å². The molecule has 2 aliphatic rings. The number of hydrogen-bond donors (Lipinski definition) is 0. The van der Waals surface area contributed by atoms with Gasteiger partial charge in [0.25, 0.3) is 0 Å². The molecule has 0 N–H and O–H groups in total. The van der Waals surface area contributed by atoms with Crippen LogP contribution in [0.3, 0.4) is 0 Å². The molecular weight excluding hydrogens is 188 g/mol. The molecule has 0 unspecified atom stereocenters. The van der Waals surface area contributed by atoms with Crippen molar-refractivity contribution in [3.05, 3.63) is 12.2 Å². The maximum absolute atomic E-state index is 11.5. The molecule has 2 atom stereocenters. The number of rotatable bonds is 2. The van der Waals surface area contributed by atoms with Gasteiger partial charge in [-0.1, -0.05) is 19.9 Å². The third-order valence-corrected chi connectivity index (χ3v) is 3.53. The Balaban J connectivity index is 2.22. The van der Waals surface area contributed by atoms with Crippen molar-refractivity contribution in [2.75, 3.05) is 0 Å². The van der Waals surface area contributed by atoms with E-state index < -0.39 is 0 Å². The van der Waals surface area contributed by atoms with E-state index in [4.69, 9.17) is 4.74 Å². The van der Waals surface area contributed by atoms with Gasteiger partial charge in [0.15, 0.2) is 0 Å². The van der Waals surface area contributed by atoms with Gasteiger partial charge in [0, 0.05) is 5.41 Å². The zero-order chi connectivity index (χ0) is 10.9. The van der Waals surface area contributed by atoms with Crippen LogP contribution in [0, 0.1) is 11.3 Å². The Labute approximate surface area is 91.7 Å². The standard InChI is InChI=1S/C13H20O2/c1-10(2)8-13-7-5-3-4-6-11(13)15-12(14)9-13/h4,6,10-11H,3,5,7-9H2,1-2H3/t11-,13+/m0/s1. The number of carbonyl (C=O) groups excluding carboxylic acids is 1. The smallest absolute Gasteiger partial charge is 0.307 e. The Morgan fingerprint density at radius 3 is 3.13 bits per heavy atom. The molecule has 1 fully saturated rings. The van der Waals surface area contributed by atoms with E-state index in [1.54, 1.807) is 0 Å². The van der Waals surface area contributed by atoms with Gasteiger partial charge in [-0.3, -0.25) is 4.79 Å². The Morgan fingerprint density at radius 2 is 2.40 bits per heavy atom. The first-order chi connectivity index (χ1) is 7.12. The summed E-state index contributed by atoms with van der Waals surface area (Å²) in [5, 5.41) is 0. The first-order valence-electron chi connectivity index (χ1n) is 5.98. The number of hydrogen-bond acceptors (Lipinski definition) is 2. The van der Waals surface area contributed by atoms with Gasteiger partial charge in [-0.2, -0.15) is 0 Å². The maximum atomic E-state index is 11.5. The minimum Gasteiger partial charge on any atom is -0.457 e. The number of allylic oxidation sites excluding steroid dienone is 1. The predicted molar refractivity (Wildman–Crippen MR) is 59.4 cm³/mol. The molecule has 1 saturated heterocycles. The third-order valence-electron chi connectivity index (χ3n) is 3.53. The fraction of sp³-hybridized carbons (Fsp3) is 0.769. The Bertz CT molecular complexity index is 280. The zero-order valence-corrected chi connectivity index (χ0v) is 9.66. The van der Waals surface area contributed by atoms with E-state index in [-0.39, 0.29) is 17.5 Å². The topological polar surface area (TPSA) is 26.3 Å². The minimum absolute atomic E-state index is 0.00722. The molecule has 15 heavy (non-hydrogen) atoms.